The number of furan rings is 3. The molecule has 520 valence electrons. The molecule has 4 fully saturated rings. The number of fused-ring (bicyclic) bond motifs is 6. The van der Waals surface area contributed by atoms with E-state index in [4.69, 9.17) is 53.2 Å². The molecule has 11 N–H and O–H groups in total. The lowest BCUT2D eigenvalue weighted by molar-refractivity contribution is -0.128. The van der Waals surface area contributed by atoms with E-state index in [1.165, 1.54) is 30.1 Å². The molecular weight excluding hydrogens is 1310 g/mol. The number of amides is 10. The van der Waals surface area contributed by atoms with E-state index >= 15 is 0 Å². The zero-order valence-electron chi connectivity index (χ0n) is 57.4. The third-order valence-electron chi connectivity index (χ3n) is 19.3. The number of rotatable bonds is 14. The minimum atomic E-state index is -1.77. The van der Waals surface area contributed by atoms with Crippen molar-refractivity contribution in [1.29, 1.82) is 16.2 Å². The van der Waals surface area contributed by atoms with Gasteiger partial charge in [0, 0.05) is 87.2 Å². The monoisotopic (exact) mass is 1380 g/mol. The maximum atomic E-state index is 13.3. The summed E-state index contributed by atoms with van der Waals surface area (Å²) in [4.78, 5) is 137. The van der Waals surface area contributed by atoms with Gasteiger partial charge in [-0.2, -0.15) is 0 Å². The van der Waals surface area contributed by atoms with Gasteiger partial charge in [-0.1, -0.05) is 29.8 Å². The molecular formula is C71H67N17O14. The normalized spacial score (nSPS) is 21.0. The topological polar surface area (TPSA) is 438 Å². The van der Waals surface area contributed by atoms with Crippen molar-refractivity contribution >= 4 is 104 Å². The number of methoxy groups -OCH3 is 2. The standard InChI is InChI=1S/C28H30N6O5.C22H19N5O5.C21H18N6O4/c1-32-8-3-9-33(11-10-32)25(29)20-6-7-22-21(30-20)13-23(39-22)28(14-24(35)31-27(28)37)16-34-15-17-4-5-18(38-2)12-19(17)26(34)36;1-31-12-3-2-11-9-27(20(29)13(11)6-12)10-22(8-18(28)26-21(22)30)17-7-15-16(32-17)5-4-14(25-15)19(23)24;1-10-2-3-11-8-27(18(28)12(11)6-10)9-21(19(29)25-20(30)26-21)16-7-14-15(31-16)5-4-13(24-14)17(22)23/h4-7,12-13,29H,3,8-11,14-16H2,1-2H3,(H,31,35,37);2-7H,8-10H2,1H3,(H3,23,24)(H,26,28,30);2-7H,8-9H2,1H3,(H3,22,23)(H2,25,26,29,30)/t28-;22-;21-/m110/s1/i;;4D,5D. The summed E-state index contributed by atoms with van der Waals surface area (Å²) in [5, 5.41) is 33.4. The largest absolute Gasteiger partial charge is 0.497 e. The fraction of sp³-hybridized carbons (Fsp3) is 0.282. The van der Waals surface area contributed by atoms with Gasteiger partial charge in [0.2, 0.25) is 23.6 Å². The molecule has 0 bridgehead atoms. The summed E-state index contributed by atoms with van der Waals surface area (Å²) >= 11 is 0. The van der Waals surface area contributed by atoms with E-state index in [0.717, 1.165) is 54.9 Å². The number of likely N-dealkylation sites (N-methyl/N-ethyl adjacent to an activating group) is 1. The second-order valence-corrected chi connectivity index (χ2v) is 26.0. The zero-order valence-corrected chi connectivity index (χ0v) is 55.4. The average Bonchev–Trinajstić information content (AvgIpc) is 1.60. The summed E-state index contributed by atoms with van der Waals surface area (Å²) in [6.07, 6.45) is 0.669. The van der Waals surface area contributed by atoms with E-state index < -0.39 is 63.8 Å². The molecule has 13 heterocycles. The predicted molar refractivity (Wildman–Crippen MR) is 363 cm³/mol. The van der Waals surface area contributed by atoms with E-state index in [9.17, 15) is 43.2 Å². The van der Waals surface area contributed by atoms with Crippen LogP contribution in [0.15, 0.2) is 122 Å². The Balaban J connectivity index is 0.000000132. The Kier molecular flexibility index (Phi) is 16.0. The number of nitrogens with zero attached hydrogens (tertiary/aromatic N) is 8. The first-order valence-corrected chi connectivity index (χ1v) is 32.3. The van der Waals surface area contributed by atoms with Crippen LogP contribution in [0.3, 0.4) is 0 Å². The lowest BCUT2D eigenvalue weighted by atomic mass is 9.82. The number of carbonyl (C=O) groups excluding carboxylic acids is 9. The minimum Gasteiger partial charge on any atom is -0.497 e. The van der Waals surface area contributed by atoms with Gasteiger partial charge in [0.05, 0.1) is 36.3 Å². The lowest BCUT2D eigenvalue weighted by Crippen LogP contribution is -2.52. The van der Waals surface area contributed by atoms with Crippen molar-refractivity contribution < 1.29 is 68.6 Å². The number of ether oxygens (including phenoxy) is 2. The number of aromatic nitrogens is 3. The second-order valence-electron chi connectivity index (χ2n) is 26.0. The molecule has 0 saturated carbocycles. The zero-order chi connectivity index (χ0) is 73.6. The maximum absolute atomic E-state index is 13.3. The number of urea groups is 1. The van der Waals surface area contributed by atoms with Crippen LogP contribution in [0, 0.1) is 23.2 Å². The van der Waals surface area contributed by atoms with E-state index in [1.807, 2.05) is 36.1 Å². The molecule has 7 aliphatic rings. The molecule has 31 heteroatoms. The number of amidine groups is 3. The van der Waals surface area contributed by atoms with Crippen molar-refractivity contribution in [3.05, 3.63) is 182 Å². The Morgan fingerprint density at radius 3 is 1.53 bits per heavy atom. The van der Waals surface area contributed by atoms with Crippen molar-refractivity contribution in [2.24, 2.45) is 11.5 Å². The summed E-state index contributed by atoms with van der Waals surface area (Å²) in [6.45, 7) is 5.83. The van der Waals surface area contributed by atoms with Crippen molar-refractivity contribution in [3.63, 3.8) is 0 Å². The number of nitrogen functional groups attached to an aromatic ring is 2. The number of imide groups is 3. The van der Waals surface area contributed by atoms with Gasteiger partial charge in [0.15, 0.2) is 22.3 Å². The summed E-state index contributed by atoms with van der Waals surface area (Å²) in [6, 6.07) is 25.8. The highest BCUT2D eigenvalue weighted by molar-refractivity contribution is 6.12. The number of hydrogen-bond acceptors (Lipinski definition) is 21. The van der Waals surface area contributed by atoms with Gasteiger partial charge in [-0.15, -0.1) is 0 Å². The van der Waals surface area contributed by atoms with Crippen LogP contribution in [0.5, 0.6) is 11.5 Å². The quantitative estimate of drug-likeness (QED) is 0.0322. The number of nitrogens with two attached hydrogens (primary N) is 2. The smallest absolute Gasteiger partial charge is 0.322 e. The minimum absolute atomic E-state index is 0.0236. The summed E-state index contributed by atoms with van der Waals surface area (Å²) in [5.74, 6) is -2.17. The van der Waals surface area contributed by atoms with Crippen LogP contribution in [0.2, 0.25) is 0 Å². The Morgan fingerprint density at radius 2 is 1.02 bits per heavy atom. The van der Waals surface area contributed by atoms with E-state index in [2.05, 4.69) is 48.2 Å². The van der Waals surface area contributed by atoms with E-state index in [-0.39, 0.29) is 108 Å². The molecule has 3 atom stereocenters. The molecule has 16 rings (SSSR count). The van der Waals surface area contributed by atoms with Crippen molar-refractivity contribution in [2.75, 3.05) is 67.1 Å². The summed E-state index contributed by atoms with van der Waals surface area (Å²) < 4.78 is 44.5. The van der Waals surface area contributed by atoms with Gasteiger partial charge in [-0.3, -0.25) is 70.5 Å². The van der Waals surface area contributed by atoms with E-state index in [1.54, 1.807) is 71.6 Å². The number of aryl methyl sites for hydroxylation is 1. The molecule has 6 aromatic heterocycles. The van der Waals surface area contributed by atoms with Crippen LogP contribution in [-0.2, 0) is 60.0 Å². The first-order chi connectivity index (χ1) is 49.7. The van der Waals surface area contributed by atoms with Gasteiger partial charge in [0.1, 0.15) is 90.7 Å². The fourth-order valence-electron chi connectivity index (χ4n) is 13.9. The fourth-order valence-corrected chi connectivity index (χ4v) is 13.9. The van der Waals surface area contributed by atoms with Crippen LogP contribution in [0.1, 0.15) is 110 Å². The first-order valence-electron chi connectivity index (χ1n) is 33.3. The third-order valence-corrected chi connectivity index (χ3v) is 19.3. The molecule has 10 amide bonds. The van der Waals surface area contributed by atoms with Crippen LogP contribution in [0.4, 0.5) is 4.79 Å². The highest BCUT2D eigenvalue weighted by Crippen LogP contribution is 2.42. The van der Waals surface area contributed by atoms with Crippen LogP contribution in [-0.4, -0.2) is 177 Å². The van der Waals surface area contributed by atoms with Gasteiger partial charge < -0.3 is 64.0 Å². The second kappa shape index (κ2) is 25.6. The molecule has 0 spiro atoms. The van der Waals surface area contributed by atoms with Gasteiger partial charge >= 0.3 is 6.03 Å². The molecule has 0 radical (unpaired) electrons. The number of carbonyl (C=O) groups is 9. The average molecular weight is 1380 g/mol. The molecule has 0 aliphatic carbocycles. The molecule has 3 aromatic carbocycles. The molecule has 0 unspecified atom stereocenters. The Labute approximate surface area is 582 Å². The Morgan fingerprint density at radius 1 is 0.539 bits per heavy atom. The SMILES string of the molecule is COc1ccc2c(c1)C(=O)N(C[C@@]1(c3cc4nc(C(=N)N)ccc4o3)CC(=O)NC1=O)C2.COc1ccc2c(c1)C(=O)N(C[C@@]1(c3cc4nc(C(=N)N5CCCN(C)CC5)ccc4o3)CC(=O)NC1=O)C2.[2H]c1c(C(=N)N)nc2cc([C@]3(CN4Cc5ccc(C)cc5C4=O)NC(=O)NC3=O)oc2c1[2H]. The highest BCUT2D eigenvalue weighted by Gasteiger charge is 2.56. The number of pyridine rings is 3. The molecule has 4 saturated heterocycles. The maximum Gasteiger partial charge on any atom is 0.322 e. The van der Waals surface area contributed by atoms with Crippen LogP contribution in [0.25, 0.3) is 33.3 Å². The molecule has 102 heavy (non-hydrogen) atoms. The lowest BCUT2D eigenvalue weighted by Gasteiger charge is -2.28. The number of hydrogen-bond donors (Lipinski definition) is 9. The van der Waals surface area contributed by atoms with Gasteiger partial charge in [-0.05, 0) is 110 Å². The summed E-state index contributed by atoms with van der Waals surface area (Å²) in [7, 11) is 5.14. The van der Waals surface area contributed by atoms with Gasteiger partial charge in [0.25, 0.3) is 23.6 Å². The van der Waals surface area contributed by atoms with Crippen molar-refractivity contribution in [3.8, 4) is 11.5 Å². The van der Waals surface area contributed by atoms with E-state index in [0.29, 0.717) is 75.0 Å². The third kappa shape index (κ3) is 11.9. The van der Waals surface area contributed by atoms with Crippen molar-refractivity contribution in [1.82, 2.24) is 60.7 Å². The Bertz CT molecular complexity index is 5280. The van der Waals surface area contributed by atoms with Gasteiger partial charge in [-0.25, -0.2) is 19.7 Å². The Hall–Kier alpha value is -12.7. The number of nitrogens with one attached hydrogen (secondary N) is 7. The first kappa shape index (κ1) is 64.0. The molecule has 7 aliphatic heterocycles. The molecule has 9 aromatic rings. The number of benzene rings is 3. The summed E-state index contributed by atoms with van der Waals surface area (Å²) in [5.41, 5.74) is 13.7. The van der Waals surface area contributed by atoms with Crippen LogP contribution < -0.4 is 42.2 Å². The highest BCUT2D eigenvalue weighted by atomic mass is 16.5. The predicted octanol–water partition coefficient (Wildman–Crippen LogP) is 3.91. The van der Waals surface area contributed by atoms with Crippen molar-refractivity contribution in [2.45, 2.75) is 62.2 Å². The molecule has 31 nitrogen and oxygen atoms in total. The van der Waals surface area contributed by atoms with Crippen LogP contribution >= 0.6 is 0 Å².